The van der Waals surface area contributed by atoms with Crippen molar-refractivity contribution in [2.45, 2.75) is 6.54 Å². The first-order valence-corrected chi connectivity index (χ1v) is 4.05. The minimum Gasteiger partial charge on any atom is -0.369 e. The molecule has 0 aliphatic carbocycles. The monoisotopic (exact) mass is 170 g/mol. The van der Waals surface area contributed by atoms with Crippen molar-refractivity contribution in [2.75, 3.05) is 0 Å². The summed E-state index contributed by atoms with van der Waals surface area (Å²) in [5.74, 6) is 5.27. The highest BCUT2D eigenvalue weighted by atomic mass is 32.1. The molecule has 5 heteroatoms. The molecule has 0 saturated carbocycles. The van der Waals surface area contributed by atoms with Gasteiger partial charge in [-0.2, -0.15) is 11.3 Å². The van der Waals surface area contributed by atoms with Gasteiger partial charge < -0.3 is 5.73 Å². The third kappa shape index (κ3) is 2.57. The Morgan fingerprint density at radius 2 is 2.55 bits per heavy atom. The molecule has 11 heavy (non-hydrogen) atoms. The van der Waals surface area contributed by atoms with Crippen LogP contribution in [0.4, 0.5) is 0 Å². The first kappa shape index (κ1) is 8.03. The van der Waals surface area contributed by atoms with Gasteiger partial charge in [0.2, 0.25) is 5.96 Å². The zero-order valence-electron chi connectivity index (χ0n) is 5.95. The van der Waals surface area contributed by atoms with Crippen molar-refractivity contribution in [3.05, 3.63) is 22.4 Å². The summed E-state index contributed by atoms with van der Waals surface area (Å²) in [7, 11) is 0. The molecule has 1 aromatic rings. The lowest BCUT2D eigenvalue weighted by atomic mass is 10.3. The van der Waals surface area contributed by atoms with Gasteiger partial charge >= 0.3 is 0 Å². The van der Waals surface area contributed by atoms with Gasteiger partial charge in [-0.05, 0) is 22.4 Å². The summed E-state index contributed by atoms with van der Waals surface area (Å²) in [6, 6.07) is 2.00. The number of rotatable bonds is 2. The normalized spacial score (nSPS) is 11.5. The largest absolute Gasteiger partial charge is 0.369 e. The molecule has 1 aromatic heterocycles. The van der Waals surface area contributed by atoms with E-state index < -0.39 is 0 Å². The first-order chi connectivity index (χ1) is 5.33. The number of hydrogen-bond acceptors (Lipinski definition) is 3. The van der Waals surface area contributed by atoms with Crippen LogP contribution in [-0.4, -0.2) is 5.96 Å². The Hall–Kier alpha value is -1.07. The van der Waals surface area contributed by atoms with Gasteiger partial charge in [-0.3, -0.25) is 5.43 Å². The van der Waals surface area contributed by atoms with E-state index in [4.69, 9.17) is 11.6 Å². The number of nitrogens with two attached hydrogens (primary N) is 2. The second-order valence-corrected chi connectivity index (χ2v) is 2.76. The summed E-state index contributed by atoms with van der Waals surface area (Å²) in [6.45, 7) is 0.583. The topological polar surface area (TPSA) is 76.4 Å². The van der Waals surface area contributed by atoms with E-state index in [1.807, 2.05) is 16.8 Å². The zero-order chi connectivity index (χ0) is 8.10. The highest BCUT2D eigenvalue weighted by Crippen LogP contribution is 2.06. The van der Waals surface area contributed by atoms with Crippen LogP contribution in [0.25, 0.3) is 0 Å². The van der Waals surface area contributed by atoms with E-state index in [-0.39, 0.29) is 5.96 Å². The molecule has 0 spiro atoms. The van der Waals surface area contributed by atoms with Crippen LogP contribution in [-0.2, 0) is 6.54 Å². The van der Waals surface area contributed by atoms with E-state index >= 15 is 0 Å². The minimum absolute atomic E-state index is 0.260. The Kier molecular flexibility index (Phi) is 2.88. The molecule has 0 aromatic carbocycles. The highest BCUT2D eigenvalue weighted by molar-refractivity contribution is 7.07. The van der Waals surface area contributed by atoms with Crippen LogP contribution in [0, 0.1) is 0 Å². The van der Waals surface area contributed by atoms with Crippen molar-refractivity contribution < 1.29 is 0 Å². The predicted molar refractivity (Wildman–Crippen MR) is 47.0 cm³/mol. The molecular formula is C6H10N4S. The fourth-order valence-electron chi connectivity index (χ4n) is 0.605. The molecule has 0 fully saturated rings. The number of nitrogens with zero attached hydrogens (tertiary/aromatic N) is 1. The minimum atomic E-state index is 0.260. The van der Waals surface area contributed by atoms with Gasteiger partial charge in [0.05, 0.1) is 6.54 Å². The average molecular weight is 170 g/mol. The summed E-state index contributed by atoms with van der Waals surface area (Å²) >= 11 is 1.64. The van der Waals surface area contributed by atoms with Crippen molar-refractivity contribution >= 4 is 17.3 Å². The molecule has 0 aliphatic heterocycles. The lowest BCUT2D eigenvalue weighted by Gasteiger charge is -1.95. The van der Waals surface area contributed by atoms with Crippen LogP contribution >= 0.6 is 11.3 Å². The van der Waals surface area contributed by atoms with Gasteiger partial charge in [0.25, 0.3) is 0 Å². The Morgan fingerprint density at radius 1 is 1.73 bits per heavy atom. The van der Waals surface area contributed by atoms with Gasteiger partial charge in [-0.25, -0.2) is 10.8 Å². The van der Waals surface area contributed by atoms with Crippen LogP contribution in [0.1, 0.15) is 5.56 Å². The van der Waals surface area contributed by atoms with Crippen LogP contribution < -0.4 is 17.0 Å². The maximum atomic E-state index is 5.31. The van der Waals surface area contributed by atoms with Gasteiger partial charge in [0.15, 0.2) is 0 Å². The summed E-state index contributed by atoms with van der Waals surface area (Å²) in [4.78, 5) is 3.95. The second kappa shape index (κ2) is 3.95. The smallest absolute Gasteiger partial charge is 0.203 e. The molecule has 0 amide bonds. The molecule has 5 N–H and O–H groups in total. The lowest BCUT2D eigenvalue weighted by molar-refractivity contribution is 0.960. The lowest BCUT2D eigenvalue weighted by Crippen LogP contribution is -2.37. The number of hydrazine groups is 1. The predicted octanol–water partition coefficient (Wildman–Crippen LogP) is 0.0261. The molecule has 0 aliphatic rings. The molecule has 1 rings (SSSR count). The SMILES string of the molecule is NNC(N)=NCc1ccsc1. The number of guanidine groups is 1. The highest BCUT2D eigenvalue weighted by Gasteiger charge is 1.90. The molecule has 0 radical (unpaired) electrons. The number of thiophene rings is 1. The summed E-state index contributed by atoms with van der Waals surface area (Å²) in [6.07, 6.45) is 0. The fourth-order valence-corrected chi connectivity index (χ4v) is 1.26. The molecular weight excluding hydrogens is 160 g/mol. The van der Waals surface area contributed by atoms with E-state index in [0.717, 1.165) is 5.56 Å². The zero-order valence-corrected chi connectivity index (χ0v) is 6.77. The van der Waals surface area contributed by atoms with Crippen LogP contribution in [0.5, 0.6) is 0 Å². The fraction of sp³-hybridized carbons (Fsp3) is 0.167. The quantitative estimate of drug-likeness (QED) is 0.253. The Balaban J connectivity index is 2.45. The Morgan fingerprint density at radius 3 is 3.09 bits per heavy atom. The molecule has 0 bridgehead atoms. The molecule has 0 unspecified atom stereocenters. The third-order valence-electron chi connectivity index (χ3n) is 1.16. The first-order valence-electron chi connectivity index (χ1n) is 3.10. The maximum Gasteiger partial charge on any atom is 0.203 e. The molecule has 60 valence electrons. The average Bonchev–Trinajstić information content (AvgIpc) is 2.52. The second-order valence-electron chi connectivity index (χ2n) is 1.98. The van der Waals surface area contributed by atoms with Crippen molar-refractivity contribution in [2.24, 2.45) is 16.6 Å². The van der Waals surface area contributed by atoms with Gasteiger partial charge in [0, 0.05) is 0 Å². The summed E-state index contributed by atoms with van der Waals surface area (Å²) in [5.41, 5.74) is 8.71. The summed E-state index contributed by atoms with van der Waals surface area (Å²) < 4.78 is 0. The van der Waals surface area contributed by atoms with E-state index in [2.05, 4.69) is 10.4 Å². The van der Waals surface area contributed by atoms with E-state index in [0.29, 0.717) is 6.54 Å². The molecule has 0 saturated heterocycles. The van der Waals surface area contributed by atoms with E-state index in [9.17, 15) is 0 Å². The number of nitrogens with one attached hydrogen (secondary N) is 1. The third-order valence-corrected chi connectivity index (χ3v) is 1.89. The standard InChI is InChI=1S/C6H10N4S/c7-6(10-8)9-3-5-1-2-11-4-5/h1-2,4H,3,8H2,(H3,7,9,10). The van der Waals surface area contributed by atoms with Crippen molar-refractivity contribution in [1.82, 2.24) is 5.43 Å². The van der Waals surface area contributed by atoms with Crippen LogP contribution in [0.2, 0.25) is 0 Å². The summed E-state index contributed by atoms with van der Waals surface area (Å²) in [5, 5.41) is 4.02. The molecule has 0 atom stereocenters. The van der Waals surface area contributed by atoms with Crippen molar-refractivity contribution in [3.63, 3.8) is 0 Å². The van der Waals surface area contributed by atoms with Gasteiger partial charge in [0.1, 0.15) is 0 Å². The Bertz CT molecular complexity index is 229. The molecule has 4 nitrogen and oxygen atoms in total. The van der Waals surface area contributed by atoms with Gasteiger partial charge in [-0.1, -0.05) is 0 Å². The number of hydrogen-bond donors (Lipinski definition) is 3. The van der Waals surface area contributed by atoms with Crippen molar-refractivity contribution in [3.8, 4) is 0 Å². The number of aliphatic imine (C=N–C) groups is 1. The van der Waals surface area contributed by atoms with Crippen LogP contribution in [0.3, 0.4) is 0 Å². The van der Waals surface area contributed by atoms with Gasteiger partial charge in [-0.15, -0.1) is 0 Å². The van der Waals surface area contributed by atoms with E-state index in [1.54, 1.807) is 11.3 Å². The molecule has 1 heterocycles. The van der Waals surface area contributed by atoms with Crippen molar-refractivity contribution in [1.29, 1.82) is 0 Å². The Labute approximate surface area is 68.9 Å². The van der Waals surface area contributed by atoms with Crippen LogP contribution in [0.15, 0.2) is 21.8 Å². The van der Waals surface area contributed by atoms with E-state index in [1.165, 1.54) is 0 Å². The maximum absolute atomic E-state index is 5.31.